The Bertz CT molecular complexity index is 598. The van der Waals surface area contributed by atoms with Gasteiger partial charge in [0.05, 0.1) is 13.7 Å². The minimum Gasteiger partial charge on any atom is -0.497 e. The number of hydrogen-bond acceptors (Lipinski definition) is 7. The van der Waals surface area contributed by atoms with Gasteiger partial charge in [-0.2, -0.15) is 0 Å². The Hall–Kier alpha value is -2.02. The summed E-state index contributed by atoms with van der Waals surface area (Å²) in [4.78, 5) is 11.2. The standard InChI is InChI=1S/C15H18N2O4S/c1-3-20-13(18)5-4-10-22-15-17-16-14(21-15)11-6-8-12(19-2)9-7-11/h6-9H,3-5,10H2,1-2H3. The van der Waals surface area contributed by atoms with Crippen LogP contribution in [0.4, 0.5) is 0 Å². The summed E-state index contributed by atoms with van der Waals surface area (Å²) < 4.78 is 15.6. The summed E-state index contributed by atoms with van der Waals surface area (Å²) in [5.41, 5.74) is 0.840. The van der Waals surface area contributed by atoms with E-state index in [1.807, 2.05) is 24.3 Å². The van der Waals surface area contributed by atoms with Crippen LogP contribution >= 0.6 is 11.8 Å². The molecule has 2 rings (SSSR count). The molecule has 1 heterocycles. The van der Waals surface area contributed by atoms with Gasteiger partial charge in [0.2, 0.25) is 5.89 Å². The number of benzene rings is 1. The van der Waals surface area contributed by atoms with E-state index in [4.69, 9.17) is 13.9 Å². The lowest BCUT2D eigenvalue weighted by Gasteiger charge is -2.00. The minimum absolute atomic E-state index is 0.174. The van der Waals surface area contributed by atoms with Crippen molar-refractivity contribution in [1.29, 1.82) is 0 Å². The summed E-state index contributed by atoms with van der Waals surface area (Å²) >= 11 is 1.43. The second-order valence-corrected chi connectivity index (χ2v) is 5.40. The molecule has 0 aliphatic heterocycles. The van der Waals surface area contributed by atoms with Gasteiger partial charge in [-0.1, -0.05) is 11.8 Å². The average molecular weight is 322 g/mol. The Morgan fingerprint density at radius 3 is 2.73 bits per heavy atom. The number of esters is 1. The van der Waals surface area contributed by atoms with E-state index in [-0.39, 0.29) is 5.97 Å². The van der Waals surface area contributed by atoms with Crippen LogP contribution in [-0.4, -0.2) is 35.6 Å². The molecule has 1 aromatic heterocycles. The molecule has 22 heavy (non-hydrogen) atoms. The van der Waals surface area contributed by atoms with Crippen LogP contribution in [0, 0.1) is 0 Å². The smallest absolute Gasteiger partial charge is 0.305 e. The summed E-state index contributed by atoms with van der Waals surface area (Å²) in [6.45, 7) is 2.21. The van der Waals surface area contributed by atoms with Crippen LogP contribution in [0.25, 0.3) is 11.5 Å². The van der Waals surface area contributed by atoms with Crippen LogP contribution in [0.5, 0.6) is 5.75 Å². The third-order valence-corrected chi connectivity index (χ3v) is 3.70. The fraction of sp³-hybridized carbons (Fsp3) is 0.400. The predicted molar refractivity (Wildman–Crippen MR) is 82.9 cm³/mol. The molecule has 0 N–H and O–H groups in total. The van der Waals surface area contributed by atoms with Gasteiger partial charge in [0.1, 0.15) is 5.75 Å². The molecule has 0 saturated heterocycles. The van der Waals surface area contributed by atoms with E-state index in [2.05, 4.69) is 10.2 Å². The van der Waals surface area contributed by atoms with E-state index in [1.165, 1.54) is 11.8 Å². The molecule has 1 aromatic carbocycles. The van der Waals surface area contributed by atoms with Crippen molar-refractivity contribution in [3.05, 3.63) is 24.3 Å². The van der Waals surface area contributed by atoms with Gasteiger partial charge in [-0.25, -0.2) is 0 Å². The molecule has 0 amide bonds. The van der Waals surface area contributed by atoms with Crippen molar-refractivity contribution in [2.75, 3.05) is 19.5 Å². The largest absolute Gasteiger partial charge is 0.497 e. The fourth-order valence-electron chi connectivity index (χ4n) is 1.73. The van der Waals surface area contributed by atoms with E-state index in [0.717, 1.165) is 17.1 Å². The van der Waals surface area contributed by atoms with Crippen LogP contribution in [0.15, 0.2) is 33.9 Å². The first-order chi connectivity index (χ1) is 10.7. The topological polar surface area (TPSA) is 74.5 Å². The lowest BCUT2D eigenvalue weighted by atomic mass is 10.2. The first-order valence-corrected chi connectivity index (χ1v) is 7.98. The van der Waals surface area contributed by atoms with E-state index in [9.17, 15) is 4.79 Å². The lowest BCUT2D eigenvalue weighted by Crippen LogP contribution is -2.03. The quantitative estimate of drug-likeness (QED) is 0.420. The lowest BCUT2D eigenvalue weighted by molar-refractivity contribution is -0.143. The second kappa shape index (κ2) is 8.43. The zero-order valence-electron chi connectivity index (χ0n) is 12.6. The van der Waals surface area contributed by atoms with Crippen LogP contribution in [0.2, 0.25) is 0 Å². The van der Waals surface area contributed by atoms with Crippen molar-refractivity contribution >= 4 is 17.7 Å². The maximum atomic E-state index is 11.2. The highest BCUT2D eigenvalue weighted by Crippen LogP contribution is 2.25. The van der Waals surface area contributed by atoms with Gasteiger partial charge < -0.3 is 13.9 Å². The average Bonchev–Trinajstić information content (AvgIpc) is 3.01. The number of ether oxygens (including phenoxy) is 2. The molecule has 0 bridgehead atoms. The number of rotatable bonds is 8. The zero-order valence-corrected chi connectivity index (χ0v) is 13.4. The van der Waals surface area contributed by atoms with E-state index >= 15 is 0 Å². The van der Waals surface area contributed by atoms with Gasteiger partial charge in [-0.15, -0.1) is 10.2 Å². The number of hydrogen-bond donors (Lipinski definition) is 0. The molecule has 6 nitrogen and oxygen atoms in total. The summed E-state index contributed by atoms with van der Waals surface area (Å²) in [6, 6.07) is 7.40. The Morgan fingerprint density at radius 1 is 1.27 bits per heavy atom. The van der Waals surface area contributed by atoms with Gasteiger partial charge in [0.25, 0.3) is 5.22 Å². The van der Waals surface area contributed by atoms with Crippen molar-refractivity contribution in [2.24, 2.45) is 0 Å². The summed E-state index contributed by atoms with van der Waals surface area (Å²) in [5, 5.41) is 8.50. The van der Waals surface area contributed by atoms with Crippen molar-refractivity contribution < 1.29 is 18.7 Å². The van der Waals surface area contributed by atoms with Gasteiger partial charge in [0.15, 0.2) is 0 Å². The maximum absolute atomic E-state index is 11.2. The summed E-state index contributed by atoms with van der Waals surface area (Å²) in [6.07, 6.45) is 1.12. The SMILES string of the molecule is CCOC(=O)CCCSc1nnc(-c2ccc(OC)cc2)o1. The Morgan fingerprint density at radius 2 is 2.05 bits per heavy atom. The molecule has 0 radical (unpaired) electrons. The van der Waals surface area contributed by atoms with Crippen LogP contribution in [0.3, 0.4) is 0 Å². The molecule has 0 unspecified atom stereocenters. The molecule has 0 atom stereocenters. The van der Waals surface area contributed by atoms with E-state index in [0.29, 0.717) is 30.6 Å². The number of thioether (sulfide) groups is 1. The van der Waals surface area contributed by atoms with Crippen LogP contribution in [-0.2, 0) is 9.53 Å². The fourth-order valence-corrected chi connectivity index (χ4v) is 2.43. The van der Waals surface area contributed by atoms with Crippen molar-refractivity contribution in [3.63, 3.8) is 0 Å². The molecule has 0 aliphatic carbocycles. The first-order valence-electron chi connectivity index (χ1n) is 6.99. The molecule has 0 spiro atoms. The number of carbonyl (C=O) groups excluding carboxylic acids is 1. The highest BCUT2D eigenvalue weighted by molar-refractivity contribution is 7.99. The summed E-state index contributed by atoms with van der Waals surface area (Å²) in [5.74, 6) is 1.79. The molecular formula is C15H18N2O4S. The monoisotopic (exact) mass is 322 g/mol. The Labute approximate surface area is 133 Å². The van der Waals surface area contributed by atoms with Gasteiger partial charge in [0, 0.05) is 17.7 Å². The molecule has 0 saturated carbocycles. The molecule has 0 aliphatic rings. The van der Waals surface area contributed by atoms with Crippen LogP contribution in [0.1, 0.15) is 19.8 Å². The number of nitrogens with zero attached hydrogens (tertiary/aromatic N) is 2. The Balaban J connectivity index is 1.82. The minimum atomic E-state index is -0.174. The van der Waals surface area contributed by atoms with Gasteiger partial charge in [-0.05, 0) is 37.6 Å². The second-order valence-electron chi connectivity index (χ2n) is 4.36. The molecular weight excluding hydrogens is 304 g/mol. The van der Waals surface area contributed by atoms with Crippen molar-refractivity contribution in [2.45, 2.75) is 25.0 Å². The van der Waals surface area contributed by atoms with Gasteiger partial charge in [-0.3, -0.25) is 4.79 Å². The molecule has 2 aromatic rings. The number of aromatic nitrogens is 2. The highest BCUT2D eigenvalue weighted by Gasteiger charge is 2.09. The number of carbonyl (C=O) groups is 1. The highest BCUT2D eigenvalue weighted by atomic mass is 32.2. The molecule has 0 fully saturated rings. The Kier molecular flexibility index (Phi) is 6.27. The van der Waals surface area contributed by atoms with Crippen molar-refractivity contribution in [3.8, 4) is 17.2 Å². The predicted octanol–water partition coefficient (Wildman–Crippen LogP) is 3.18. The first kappa shape index (κ1) is 16.4. The van der Waals surface area contributed by atoms with E-state index < -0.39 is 0 Å². The molecule has 118 valence electrons. The van der Waals surface area contributed by atoms with Crippen LogP contribution < -0.4 is 4.74 Å². The normalized spacial score (nSPS) is 10.5. The number of methoxy groups -OCH3 is 1. The zero-order chi connectivity index (χ0) is 15.8. The maximum Gasteiger partial charge on any atom is 0.305 e. The molecule has 7 heteroatoms. The van der Waals surface area contributed by atoms with Crippen molar-refractivity contribution in [1.82, 2.24) is 10.2 Å². The van der Waals surface area contributed by atoms with Gasteiger partial charge >= 0.3 is 5.97 Å². The van der Waals surface area contributed by atoms with E-state index in [1.54, 1.807) is 14.0 Å². The third-order valence-electron chi connectivity index (χ3n) is 2.80. The summed E-state index contributed by atoms with van der Waals surface area (Å²) in [7, 11) is 1.62. The third kappa shape index (κ3) is 4.77.